The van der Waals surface area contributed by atoms with Crippen LogP contribution in [0.4, 0.5) is 5.69 Å². The van der Waals surface area contributed by atoms with Crippen molar-refractivity contribution in [1.29, 1.82) is 0 Å². The fourth-order valence-electron chi connectivity index (χ4n) is 5.29. The Kier molecular flexibility index (Phi) is 6.67. The molecular weight excluding hydrogens is 470 g/mol. The highest BCUT2D eigenvalue weighted by Crippen LogP contribution is 2.36. The van der Waals surface area contributed by atoms with Crippen molar-refractivity contribution in [3.63, 3.8) is 0 Å². The number of piperidine rings is 1. The lowest BCUT2D eigenvalue weighted by Gasteiger charge is -2.36. The second kappa shape index (κ2) is 9.90. The minimum atomic E-state index is -0.238. The average Bonchev–Trinajstić information content (AvgIpc) is 3.41. The van der Waals surface area contributed by atoms with Crippen molar-refractivity contribution >= 4 is 44.8 Å². The monoisotopic (exact) mass is 501 g/mol. The minimum absolute atomic E-state index is 0.0286. The molecule has 0 aliphatic carbocycles. The van der Waals surface area contributed by atoms with E-state index in [1.807, 2.05) is 49.1 Å². The fourth-order valence-corrected chi connectivity index (χ4v) is 6.34. The van der Waals surface area contributed by atoms with Gasteiger partial charge in [0.15, 0.2) is 0 Å². The van der Waals surface area contributed by atoms with Crippen molar-refractivity contribution < 1.29 is 14.4 Å². The van der Waals surface area contributed by atoms with Crippen molar-refractivity contribution in [1.82, 2.24) is 9.80 Å². The van der Waals surface area contributed by atoms with Crippen LogP contribution < -0.4 is 4.90 Å². The number of carbonyl (C=O) groups excluding carboxylic acids is 3. The number of hydrogen-bond acceptors (Lipinski definition) is 5. The molecule has 3 aromatic rings. The van der Waals surface area contributed by atoms with Crippen LogP contribution in [0.1, 0.15) is 52.3 Å². The third-order valence-corrected chi connectivity index (χ3v) is 8.21. The van der Waals surface area contributed by atoms with Crippen LogP contribution >= 0.6 is 11.3 Å². The highest BCUT2D eigenvalue weighted by atomic mass is 32.1. The van der Waals surface area contributed by atoms with E-state index in [9.17, 15) is 14.4 Å². The first-order chi connectivity index (χ1) is 17.4. The first-order valence-corrected chi connectivity index (χ1v) is 13.3. The molecule has 7 heteroatoms. The number of fused-ring (bicyclic) bond motifs is 2. The van der Waals surface area contributed by atoms with Gasteiger partial charge in [-0.3, -0.25) is 19.3 Å². The Hall–Kier alpha value is -3.45. The van der Waals surface area contributed by atoms with Gasteiger partial charge in [-0.2, -0.15) is 0 Å². The summed E-state index contributed by atoms with van der Waals surface area (Å²) in [6.07, 6.45) is 1.45. The Morgan fingerprint density at radius 1 is 1.08 bits per heavy atom. The Morgan fingerprint density at radius 2 is 1.83 bits per heavy atom. The van der Waals surface area contributed by atoms with Crippen molar-refractivity contribution in [3.8, 4) is 0 Å². The summed E-state index contributed by atoms with van der Waals surface area (Å²) < 4.78 is 1.15. The van der Waals surface area contributed by atoms with Gasteiger partial charge in [0.1, 0.15) is 0 Å². The van der Waals surface area contributed by atoms with Gasteiger partial charge in [-0.05, 0) is 56.3 Å². The van der Waals surface area contributed by atoms with E-state index < -0.39 is 0 Å². The van der Waals surface area contributed by atoms with E-state index >= 15 is 0 Å². The molecule has 1 saturated heterocycles. The Balaban J connectivity index is 1.32. The molecule has 186 valence electrons. The van der Waals surface area contributed by atoms with Crippen LogP contribution in [0.25, 0.3) is 10.1 Å². The lowest BCUT2D eigenvalue weighted by atomic mass is 9.94. The average molecular weight is 502 g/mol. The van der Waals surface area contributed by atoms with Gasteiger partial charge < -0.3 is 9.80 Å². The molecule has 36 heavy (non-hydrogen) atoms. The summed E-state index contributed by atoms with van der Waals surface area (Å²) in [6, 6.07) is 15.7. The van der Waals surface area contributed by atoms with Crippen molar-refractivity contribution in [2.45, 2.75) is 33.2 Å². The third kappa shape index (κ3) is 4.44. The number of anilines is 1. The number of thiophene rings is 1. The van der Waals surface area contributed by atoms with Gasteiger partial charge in [-0.25, -0.2) is 0 Å². The van der Waals surface area contributed by atoms with Gasteiger partial charge in [-0.15, -0.1) is 11.3 Å². The lowest BCUT2D eigenvalue weighted by Crippen LogP contribution is -2.43. The number of carbonyl (C=O) groups is 3. The highest BCUT2D eigenvalue weighted by Gasteiger charge is 2.39. The van der Waals surface area contributed by atoms with E-state index in [0.717, 1.165) is 39.1 Å². The van der Waals surface area contributed by atoms with Crippen LogP contribution in [0.3, 0.4) is 0 Å². The summed E-state index contributed by atoms with van der Waals surface area (Å²) in [5.74, 6) is -0.323. The number of rotatable bonds is 7. The van der Waals surface area contributed by atoms with E-state index in [-0.39, 0.29) is 30.2 Å². The second-order valence-electron chi connectivity index (χ2n) is 9.72. The molecule has 2 aliphatic heterocycles. The summed E-state index contributed by atoms with van der Waals surface area (Å²) in [5.41, 5.74) is 2.73. The van der Waals surface area contributed by atoms with Crippen LogP contribution in [-0.2, 0) is 11.3 Å². The number of imide groups is 1. The van der Waals surface area contributed by atoms with Gasteiger partial charge in [-0.1, -0.05) is 36.4 Å². The molecule has 2 aliphatic rings. The maximum absolute atomic E-state index is 13.5. The molecule has 0 spiro atoms. The summed E-state index contributed by atoms with van der Waals surface area (Å²) in [5, 5.41) is 1.12. The fraction of sp³-hybridized carbons (Fsp3) is 0.345. The van der Waals surface area contributed by atoms with Crippen molar-refractivity contribution in [3.05, 3.63) is 76.7 Å². The number of benzene rings is 2. The molecule has 3 heterocycles. The normalized spacial score (nSPS) is 16.1. The molecule has 0 radical (unpaired) electrons. The van der Waals surface area contributed by atoms with Gasteiger partial charge >= 0.3 is 0 Å². The summed E-state index contributed by atoms with van der Waals surface area (Å²) in [4.78, 5) is 46.2. The maximum Gasteiger partial charge on any atom is 0.264 e. The van der Waals surface area contributed by atoms with E-state index in [2.05, 4.69) is 23.6 Å². The van der Waals surface area contributed by atoms with Gasteiger partial charge in [0.05, 0.1) is 23.4 Å². The lowest BCUT2D eigenvalue weighted by molar-refractivity contribution is -0.135. The largest absolute Gasteiger partial charge is 0.371 e. The molecule has 0 unspecified atom stereocenters. The predicted octanol–water partition coefficient (Wildman–Crippen LogP) is 5.34. The first kappa shape index (κ1) is 24.3. The Morgan fingerprint density at radius 3 is 2.53 bits per heavy atom. The molecular formula is C29H31N3O3S. The van der Waals surface area contributed by atoms with E-state index in [1.54, 1.807) is 17.4 Å². The van der Waals surface area contributed by atoms with E-state index in [1.165, 1.54) is 4.90 Å². The number of hydrogen-bond donors (Lipinski definition) is 0. The number of amides is 3. The van der Waals surface area contributed by atoms with Gasteiger partial charge in [0.25, 0.3) is 11.8 Å². The Labute approximate surface area is 215 Å². The van der Waals surface area contributed by atoms with Gasteiger partial charge in [0.2, 0.25) is 5.91 Å². The zero-order valence-corrected chi connectivity index (χ0v) is 21.6. The van der Waals surface area contributed by atoms with Crippen LogP contribution in [0.2, 0.25) is 0 Å². The molecule has 0 saturated carbocycles. The molecule has 3 amide bonds. The summed E-state index contributed by atoms with van der Waals surface area (Å²) in [7, 11) is 0. The van der Waals surface area contributed by atoms with E-state index in [4.69, 9.17) is 0 Å². The predicted molar refractivity (Wildman–Crippen MR) is 144 cm³/mol. The molecule has 0 atom stereocenters. The minimum Gasteiger partial charge on any atom is -0.371 e. The molecule has 5 rings (SSSR count). The second-order valence-corrected chi connectivity index (χ2v) is 10.9. The SMILES string of the molecule is C=C(C)CN(CC)C(=O)C1CCN(c2cccc3c2C(=O)N(Cc2cc4ccccc4s2)C3=O)CC1. The van der Waals surface area contributed by atoms with Crippen molar-refractivity contribution in [2.24, 2.45) is 5.92 Å². The van der Waals surface area contributed by atoms with E-state index in [0.29, 0.717) is 37.3 Å². The first-order valence-electron chi connectivity index (χ1n) is 12.5. The zero-order valence-electron chi connectivity index (χ0n) is 20.8. The molecule has 1 fully saturated rings. The third-order valence-electron chi connectivity index (χ3n) is 7.11. The number of likely N-dealkylation sites (N-methyl/N-ethyl adjacent to an activating group) is 1. The Bertz CT molecular complexity index is 1320. The van der Waals surface area contributed by atoms with Crippen LogP contribution in [-0.4, -0.2) is 53.7 Å². The van der Waals surface area contributed by atoms with Gasteiger partial charge in [0, 0.05) is 41.7 Å². The molecule has 6 nitrogen and oxygen atoms in total. The topological polar surface area (TPSA) is 60.9 Å². The molecule has 1 aromatic heterocycles. The zero-order chi connectivity index (χ0) is 25.4. The summed E-state index contributed by atoms with van der Waals surface area (Å²) in [6.45, 7) is 10.8. The standard InChI is InChI=1S/C29H31N3O3S/c1-4-30(17-19(2)3)27(33)20-12-14-31(15-13-20)24-10-7-9-23-26(24)29(35)32(28(23)34)18-22-16-21-8-5-6-11-25(21)36-22/h5-11,16,20H,2,4,12-15,17-18H2,1,3H3. The van der Waals surface area contributed by atoms with Crippen LogP contribution in [0, 0.1) is 5.92 Å². The highest BCUT2D eigenvalue weighted by molar-refractivity contribution is 7.19. The maximum atomic E-state index is 13.5. The summed E-state index contributed by atoms with van der Waals surface area (Å²) >= 11 is 1.61. The molecule has 2 aromatic carbocycles. The number of nitrogens with zero attached hydrogens (tertiary/aromatic N) is 3. The van der Waals surface area contributed by atoms with Crippen LogP contribution in [0.15, 0.2) is 60.7 Å². The quantitative estimate of drug-likeness (QED) is 0.324. The van der Waals surface area contributed by atoms with Crippen molar-refractivity contribution in [2.75, 3.05) is 31.1 Å². The van der Waals surface area contributed by atoms with Crippen LogP contribution in [0.5, 0.6) is 0 Å². The smallest absolute Gasteiger partial charge is 0.264 e. The molecule has 0 bridgehead atoms. The molecule has 0 N–H and O–H groups in total.